The second kappa shape index (κ2) is 4.58. The largest absolute Gasteiger partial charge is 0.315 e. The summed E-state index contributed by atoms with van der Waals surface area (Å²) in [5, 5.41) is 7.45. The van der Waals surface area contributed by atoms with E-state index in [1.807, 2.05) is 48.4 Å². The van der Waals surface area contributed by atoms with E-state index in [2.05, 4.69) is 27.5 Å². The van der Waals surface area contributed by atoms with Gasteiger partial charge in [0, 0.05) is 30.1 Å². The van der Waals surface area contributed by atoms with Crippen molar-refractivity contribution in [2.24, 2.45) is 0 Å². The highest BCUT2D eigenvalue weighted by Gasteiger charge is 2.06. The van der Waals surface area contributed by atoms with Crippen molar-refractivity contribution in [2.45, 2.75) is 6.54 Å². The van der Waals surface area contributed by atoms with Gasteiger partial charge in [-0.1, -0.05) is 30.3 Å². The van der Waals surface area contributed by atoms with Gasteiger partial charge < -0.3 is 5.32 Å². The second-order valence-electron chi connectivity index (χ2n) is 4.18. The Balaban J connectivity index is 2.07. The van der Waals surface area contributed by atoms with Gasteiger partial charge in [-0.15, -0.1) is 0 Å². The molecular weight excluding hydrogens is 224 g/mol. The molecule has 0 fully saturated rings. The normalized spacial score (nSPS) is 10.9. The predicted molar refractivity (Wildman–Crippen MR) is 71.2 cm³/mol. The maximum absolute atomic E-state index is 4.50. The highest BCUT2D eigenvalue weighted by atomic mass is 15.2. The van der Waals surface area contributed by atoms with E-state index in [9.17, 15) is 0 Å². The van der Waals surface area contributed by atoms with Crippen molar-refractivity contribution in [3.63, 3.8) is 0 Å². The summed E-state index contributed by atoms with van der Waals surface area (Å²) >= 11 is 0. The van der Waals surface area contributed by atoms with Crippen molar-refractivity contribution in [3.05, 3.63) is 54.5 Å². The molecule has 1 aromatic carbocycles. The fourth-order valence-corrected chi connectivity index (χ4v) is 2.02. The standard InChI is InChI=1S/C14H14N4/c1-15-7-12-9-17-18-10-13(8-16-14(12)18)11-5-3-2-4-6-11/h2-6,8-10,15H,7H2,1H3. The number of hydrogen-bond acceptors (Lipinski definition) is 3. The number of rotatable bonds is 3. The molecule has 0 saturated heterocycles. The molecule has 0 amide bonds. The Labute approximate surface area is 105 Å². The van der Waals surface area contributed by atoms with Crippen LogP contribution in [0.2, 0.25) is 0 Å². The molecule has 0 aliphatic rings. The van der Waals surface area contributed by atoms with E-state index in [0.29, 0.717) is 0 Å². The van der Waals surface area contributed by atoms with E-state index in [1.54, 1.807) is 0 Å². The van der Waals surface area contributed by atoms with Crippen LogP contribution in [0.4, 0.5) is 0 Å². The van der Waals surface area contributed by atoms with Crippen LogP contribution in [0.25, 0.3) is 16.8 Å². The first kappa shape index (κ1) is 10.9. The van der Waals surface area contributed by atoms with Gasteiger partial charge in [0.15, 0.2) is 5.65 Å². The molecule has 4 heteroatoms. The zero-order valence-electron chi connectivity index (χ0n) is 10.2. The van der Waals surface area contributed by atoms with Crippen molar-refractivity contribution < 1.29 is 0 Å². The summed E-state index contributed by atoms with van der Waals surface area (Å²) in [6.45, 7) is 0.779. The van der Waals surface area contributed by atoms with Gasteiger partial charge in [0.05, 0.1) is 6.20 Å². The van der Waals surface area contributed by atoms with Gasteiger partial charge in [-0.2, -0.15) is 5.10 Å². The first-order valence-corrected chi connectivity index (χ1v) is 5.91. The summed E-state index contributed by atoms with van der Waals surface area (Å²) in [7, 11) is 1.92. The zero-order valence-corrected chi connectivity index (χ0v) is 10.2. The van der Waals surface area contributed by atoms with Gasteiger partial charge in [-0.25, -0.2) is 9.50 Å². The van der Waals surface area contributed by atoms with Crippen LogP contribution in [-0.4, -0.2) is 21.6 Å². The molecule has 0 aliphatic heterocycles. The highest BCUT2D eigenvalue weighted by molar-refractivity contribution is 5.63. The van der Waals surface area contributed by atoms with Crippen molar-refractivity contribution in [3.8, 4) is 11.1 Å². The quantitative estimate of drug-likeness (QED) is 0.760. The summed E-state index contributed by atoms with van der Waals surface area (Å²) in [5.41, 5.74) is 4.24. The molecule has 18 heavy (non-hydrogen) atoms. The minimum Gasteiger partial charge on any atom is -0.315 e. The number of hydrogen-bond donors (Lipinski definition) is 1. The van der Waals surface area contributed by atoms with Crippen LogP contribution >= 0.6 is 0 Å². The maximum Gasteiger partial charge on any atom is 0.159 e. The van der Waals surface area contributed by atoms with Gasteiger partial charge in [0.25, 0.3) is 0 Å². The molecule has 0 radical (unpaired) electrons. The fraction of sp³-hybridized carbons (Fsp3) is 0.143. The highest BCUT2D eigenvalue weighted by Crippen LogP contribution is 2.18. The molecule has 0 unspecified atom stereocenters. The summed E-state index contributed by atoms with van der Waals surface area (Å²) in [6, 6.07) is 10.2. The Kier molecular flexibility index (Phi) is 2.78. The van der Waals surface area contributed by atoms with Gasteiger partial charge in [0.2, 0.25) is 0 Å². The van der Waals surface area contributed by atoms with Crippen LogP contribution in [-0.2, 0) is 6.54 Å². The van der Waals surface area contributed by atoms with Crippen molar-refractivity contribution in [2.75, 3.05) is 7.05 Å². The van der Waals surface area contributed by atoms with Gasteiger partial charge in [0.1, 0.15) is 0 Å². The number of nitrogens with one attached hydrogen (secondary N) is 1. The van der Waals surface area contributed by atoms with Gasteiger partial charge >= 0.3 is 0 Å². The predicted octanol–water partition coefficient (Wildman–Crippen LogP) is 2.12. The molecule has 1 N–H and O–H groups in total. The third-order valence-electron chi connectivity index (χ3n) is 2.90. The van der Waals surface area contributed by atoms with Crippen LogP contribution in [0.1, 0.15) is 5.56 Å². The lowest BCUT2D eigenvalue weighted by Gasteiger charge is -2.02. The van der Waals surface area contributed by atoms with Crippen LogP contribution < -0.4 is 5.32 Å². The van der Waals surface area contributed by atoms with E-state index in [0.717, 1.165) is 28.9 Å². The minimum absolute atomic E-state index is 0.779. The summed E-state index contributed by atoms with van der Waals surface area (Å²) < 4.78 is 1.83. The molecule has 0 saturated carbocycles. The number of aromatic nitrogens is 3. The zero-order chi connectivity index (χ0) is 12.4. The molecule has 2 aromatic heterocycles. The molecular formula is C14H14N4. The van der Waals surface area contributed by atoms with Crippen molar-refractivity contribution >= 4 is 5.65 Å². The van der Waals surface area contributed by atoms with Crippen LogP contribution in [0.3, 0.4) is 0 Å². The lowest BCUT2D eigenvalue weighted by atomic mass is 10.1. The Morgan fingerprint density at radius 3 is 2.72 bits per heavy atom. The lowest BCUT2D eigenvalue weighted by molar-refractivity contribution is 0.821. The Bertz CT molecular complexity index is 658. The van der Waals surface area contributed by atoms with E-state index < -0.39 is 0 Å². The van der Waals surface area contributed by atoms with E-state index in [1.165, 1.54) is 0 Å². The second-order valence-corrected chi connectivity index (χ2v) is 4.18. The molecule has 0 spiro atoms. The minimum atomic E-state index is 0.779. The maximum atomic E-state index is 4.50. The van der Waals surface area contributed by atoms with Gasteiger partial charge in [-0.3, -0.25) is 0 Å². The molecule has 2 heterocycles. The molecule has 0 atom stereocenters. The van der Waals surface area contributed by atoms with Crippen molar-refractivity contribution in [1.29, 1.82) is 0 Å². The Hall–Kier alpha value is -2.20. The Morgan fingerprint density at radius 2 is 1.94 bits per heavy atom. The monoisotopic (exact) mass is 238 g/mol. The molecule has 90 valence electrons. The summed E-state index contributed by atoms with van der Waals surface area (Å²) in [6.07, 6.45) is 5.76. The van der Waals surface area contributed by atoms with Crippen LogP contribution in [0.5, 0.6) is 0 Å². The first-order chi connectivity index (χ1) is 8.88. The average Bonchev–Trinajstić information content (AvgIpc) is 2.83. The van der Waals surface area contributed by atoms with E-state index in [-0.39, 0.29) is 0 Å². The number of benzene rings is 1. The number of nitrogens with zero attached hydrogens (tertiary/aromatic N) is 3. The molecule has 0 bridgehead atoms. The summed E-state index contributed by atoms with van der Waals surface area (Å²) in [5.74, 6) is 0. The average molecular weight is 238 g/mol. The molecule has 3 rings (SSSR count). The molecule has 0 aliphatic carbocycles. The SMILES string of the molecule is CNCc1cnn2cc(-c3ccccc3)cnc12. The third-order valence-corrected chi connectivity index (χ3v) is 2.90. The Morgan fingerprint density at radius 1 is 1.11 bits per heavy atom. The number of fused-ring (bicyclic) bond motifs is 1. The molecule has 4 nitrogen and oxygen atoms in total. The fourth-order valence-electron chi connectivity index (χ4n) is 2.02. The van der Waals surface area contributed by atoms with E-state index >= 15 is 0 Å². The van der Waals surface area contributed by atoms with Crippen LogP contribution in [0.15, 0.2) is 48.9 Å². The van der Waals surface area contributed by atoms with Crippen molar-refractivity contribution in [1.82, 2.24) is 19.9 Å². The first-order valence-electron chi connectivity index (χ1n) is 5.91. The topological polar surface area (TPSA) is 42.2 Å². The smallest absolute Gasteiger partial charge is 0.159 e. The summed E-state index contributed by atoms with van der Waals surface area (Å²) in [4.78, 5) is 4.50. The van der Waals surface area contributed by atoms with Gasteiger partial charge in [-0.05, 0) is 12.6 Å². The lowest BCUT2D eigenvalue weighted by Crippen LogP contribution is -2.05. The van der Waals surface area contributed by atoms with E-state index in [4.69, 9.17) is 0 Å². The third kappa shape index (κ3) is 1.87. The van der Waals surface area contributed by atoms with Crippen LogP contribution in [0, 0.1) is 0 Å². The molecule has 3 aromatic rings.